The Kier molecular flexibility index (Phi) is 3.62. The standard InChI is InChI=1S/C17H23N3O3/c1-19-16(13-4-2-3-5-14(13)18-19)17(22)23-10-11-8-15(21)20(9-11)12-6-7-12/h11-12H,2-10H2,1H3/t11-/m0/s1. The average Bonchev–Trinajstić information content (AvgIpc) is 3.22. The molecule has 1 aromatic heterocycles. The molecule has 23 heavy (non-hydrogen) atoms. The van der Waals surface area contributed by atoms with E-state index in [1.807, 2.05) is 11.9 Å². The molecule has 0 aromatic carbocycles. The fourth-order valence-corrected chi connectivity index (χ4v) is 3.86. The van der Waals surface area contributed by atoms with Crippen molar-refractivity contribution in [2.24, 2.45) is 13.0 Å². The number of hydrogen-bond donors (Lipinski definition) is 0. The van der Waals surface area contributed by atoms with Crippen molar-refractivity contribution in [2.75, 3.05) is 13.2 Å². The molecule has 1 saturated carbocycles. The van der Waals surface area contributed by atoms with Crippen LogP contribution in [0.4, 0.5) is 0 Å². The molecule has 1 aliphatic heterocycles. The van der Waals surface area contributed by atoms with Crippen LogP contribution >= 0.6 is 0 Å². The lowest BCUT2D eigenvalue weighted by molar-refractivity contribution is -0.128. The Bertz CT molecular complexity index is 648. The summed E-state index contributed by atoms with van der Waals surface area (Å²) in [6.45, 7) is 1.06. The number of carbonyl (C=O) groups excluding carboxylic acids is 2. The Morgan fingerprint density at radius 2 is 2.09 bits per heavy atom. The van der Waals surface area contributed by atoms with E-state index in [4.69, 9.17) is 4.74 Å². The van der Waals surface area contributed by atoms with Crippen molar-refractivity contribution in [2.45, 2.75) is 51.0 Å². The van der Waals surface area contributed by atoms with Gasteiger partial charge in [0.05, 0.1) is 12.3 Å². The van der Waals surface area contributed by atoms with Crippen LogP contribution in [0, 0.1) is 5.92 Å². The van der Waals surface area contributed by atoms with Crippen LogP contribution in [0.3, 0.4) is 0 Å². The first-order chi connectivity index (χ1) is 11.1. The van der Waals surface area contributed by atoms with E-state index in [1.54, 1.807) is 4.68 Å². The van der Waals surface area contributed by atoms with Gasteiger partial charge in [0.2, 0.25) is 5.91 Å². The predicted molar refractivity (Wildman–Crippen MR) is 83.0 cm³/mol. The van der Waals surface area contributed by atoms with Crippen molar-refractivity contribution in [3.05, 3.63) is 17.0 Å². The molecule has 1 saturated heterocycles. The number of fused-ring (bicyclic) bond motifs is 1. The van der Waals surface area contributed by atoms with E-state index in [1.165, 1.54) is 0 Å². The number of hydrogen-bond acceptors (Lipinski definition) is 4. The lowest BCUT2D eigenvalue weighted by Gasteiger charge is -2.16. The highest BCUT2D eigenvalue weighted by atomic mass is 16.5. The van der Waals surface area contributed by atoms with Gasteiger partial charge in [0, 0.05) is 37.5 Å². The molecule has 4 rings (SSSR count). The molecule has 1 atom stereocenters. The van der Waals surface area contributed by atoms with Crippen molar-refractivity contribution in [3.63, 3.8) is 0 Å². The van der Waals surface area contributed by atoms with Crippen molar-refractivity contribution in [1.29, 1.82) is 0 Å². The number of nitrogens with zero attached hydrogens (tertiary/aromatic N) is 3. The number of aryl methyl sites for hydroxylation is 2. The largest absolute Gasteiger partial charge is 0.461 e. The number of carbonyl (C=O) groups is 2. The molecule has 6 nitrogen and oxygen atoms in total. The number of amides is 1. The lowest BCUT2D eigenvalue weighted by Crippen LogP contribution is -2.28. The Balaban J connectivity index is 1.39. The first-order valence-corrected chi connectivity index (χ1v) is 8.65. The monoisotopic (exact) mass is 317 g/mol. The zero-order valence-electron chi connectivity index (χ0n) is 13.6. The van der Waals surface area contributed by atoms with Crippen LogP contribution in [-0.4, -0.2) is 45.8 Å². The Hall–Kier alpha value is -1.85. The minimum absolute atomic E-state index is 0.135. The number of ether oxygens (including phenoxy) is 1. The number of rotatable bonds is 4. The van der Waals surface area contributed by atoms with Gasteiger partial charge in [-0.1, -0.05) is 0 Å². The highest BCUT2D eigenvalue weighted by Crippen LogP contribution is 2.32. The van der Waals surface area contributed by atoms with E-state index in [2.05, 4.69) is 5.10 Å². The summed E-state index contributed by atoms with van der Waals surface area (Å²) in [6.07, 6.45) is 6.85. The average molecular weight is 317 g/mol. The molecule has 0 spiro atoms. The van der Waals surface area contributed by atoms with Crippen LogP contribution in [0.5, 0.6) is 0 Å². The number of esters is 1. The van der Waals surface area contributed by atoms with Crippen molar-refractivity contribution >= 4 is 11.9 Å². The SMILES string of the molecule is Cn1nc2c(c1C(=O)OC[C@H]1CC(=O)N(C3CC3)C1)CCCC2. The summed E-state index contributed by atoms with van der Waals surface area (Å²) in [4.78, 5) is 26.4. The summed E-state index contributed by atoms with van der Waals surface area (Å²) < 4.78 is 7.20. The molecule has 2 fully saturated rings. The molecular formula is C17H23N3O3. The molecule has 6 heteroatoms. The van der Waals surface area contributed by atoms with Crippen molar-refractivity contribution in [1.82, 2.24) is 14.7 Å². The lowest BCUT2D eigenvalue weighted by atomic mass is 9.96. The summed E-state index contributed by atoms with van der Waals surface area (Å²) in [5.74, 6) is 0.0584. The van der Waals surface area contributed by atoms with Gasteiger partial charge in [0.1, 0.15) is 5.69 Å². The van der Waals surface area contributed by atoms with Gasteiger partial charge in [-0.05, 0) is 38.5 Å². The smallest absolute Gasteiger partial charge is 0.356 e. The zero-order chi connectivity index (χ0) is 16.0. The third kappa shape index (κ3) is 2.75. The Morgan fingerprint density at radius 1 is 1.30 bits per heavy atom. The second kappa shape index (κ2) is 5.65. The number of aromatic nitrogens is 2. The topological polar surface area (TPSA) is 64.4 Å². The molecule has 2 aliphatic carbocycles. The Labute approximate surface area is 135 Å². The fourth-order valence-electron chi connectivity index (χ4n) is 3.86. The van der Waals surface area contributed by atoms with E-state index in [-0.39, 0.29) is 17.8 Å². The summed E-state index contributed by atoms with van der Waals surface area (Å²) in [5.41, 5.74) is 2.70. The quantitative estimate of drug-likeness (QED) is 0.789. The summed E-state index contributed by atoms with van der Waals surface area (Å²) in [5, 5.41) is 4.46. The summed E-state index contributed by atoms with van der Waals surface area (Å²) in [6, 6.07) is 0.451. The minimum atomic E-state index is -0.291. The van der Waals surface area contributed by atoms with E-state index < -0.39 is 0 Å². The molecular weight excluding hydrogens is 294 g/mol. The van der Waals surface area contributed by atoms with Crippen LogP contribution in [0.1, 0.15) is 53.8 Å². The molecule has 0 N–H and O–H groups in total. The zero-order valence-corrected chi connectivity index (χ0v) is 13.6. The maximum absolute atomic E-state index is 12.5. The fraction of sp³-hybridized carbons (Fsp3) is 0.706. The third-order valence-electron chi connectivity index (χ3n) is 5.19. The summed E-state index contributed by atoms with van der Waals surface area (Å²) in [7, 11) is 1.81. The van der Waals surface area contributed by atoms with Gasteiger partial charge in [-0.25, -0.2) is 4.79 Å². The molecule has 0 radical (unpaired) electrons. The van der Waals surface area contributed by atoms with Crippen molar-refractivity contribution < 1.29 is 14.3 Å². The van der Waals surface area contributed by atoms with Crippen LogP contribution in [0.25, 0.3) is 0 Å². The van der Waals surface area contributed by atoms with E-state index in [0.29, 0.717) is 24.8 Å². The van der Waals surface area contributed by atoms with Gasteiger partial charge >= 0.3 is 5.97 Å². The van der Waals surface area contributed by atoms with Crippen LogP contribution in [-0.2, 0) is 29.4 Å². The predicted octanol–water partition coefficient (Wildman–Crippen LogP) is 1.47. The highest BCUT2D eigenvalue weighted by molar-refractivity contribution is 5.89. The molecule has 3 aliphatic rings. The van der Waals surface area contributed by atoms with Gasteiger partial charge < -0.3 is 9.64 Å². The van der Waals surface area contributed by atoms with E-state index in [0.717, 1.165) is 56.3 Å². The maximum atomic E-state index is 12.5. The Morgan fingerprint density at radius 3 is 2.87 bits per heavy atom. The van der Waals surface area contributed by atoms with Gasteiger partial charge in [0.15, 0.2) is 0 Å². The molecule has 124 valence electrons. The third-order valence-corrected chi connectivity index (χ3v) is 5.19. The first-order valence-electron chi connectivity index (χ1n) is 8.65. The van der Waals surface area contributed by atoms with Gasteiger partial charge in [-0.3, -0.25) is 9.48 Å². The van der Waals surface area contributed by atoms with E-state index >= 15 is 0 Å². The van der Waals surface area contributed by atoms with Crippen LogP contribution in [0.15, 0.2) is 0 Å². The summed E-state index contributed by atoms with van der Waals surface area (Å²) >= 11 is 0. The second-order valence-corrected chi connectivity index (χ2v) is 7.05. The molecule has 0 unspecified atom stereocenters. The highest BCUT2D eigenvalue weighted by Gasteiger charge is 2.39. The molecule has 1 aromatic rings. The van der Waals surface area contributed by atoms with Gasteiger partial charge in [-0.15, -0.1) is 0 Å². The van der Waals surface area contributed by atoms with E-state index in [9.17, 15) is 9.59 Å². The van der Waals surface area contributed by atoms with Crippen molar-refractivity contribution in [3.8, 4) is 0 Å². The molecule has 2 heterocycles. The second-order valence-electron chi connectivity index (χ2n) is 7.05. The normalized spacial score (nSPS) is 24.0. The molecule has 1 amide bonds. The minimum Gasteiger partial charge on any atom is -0.461 e. The molecule has 0 bridgehead atoms. The van der Waals surface area contributed by atoms with Crippen LogP contribution < -0.4 is 0 Å². The van der Waals surface area contributed by atoms with Gasteiger partial charge in [-0.2, -0.15) is 5.10 Å². The first kappa shape index (κ1) is 14.7. The van der Waals surface area contributed by atoms with Crippen LogP contribution in [0.2, 0.25) is 0 Å². The number of likely N-dealkylation sites (tertiary alicyclic amines) is 1. The van der Waals surface area contributed by atoms with Gasteiger partial charge in [0.25, 0.3) is 0 Å². The maximum Gasteiger partial charge on any atom is 0.356 e.